The third-order valence-electron chi connectivity index (χ3n) is 4.35. The van der Waals surface area contributed by atoms with E-state index in [2.05, 4.69) is 10.4 Å². The Labute approximate surface area is 164 Å². The van der Waals surface area contributed by atoms with Gasteiger partial charge in [0.05, 0.1) is 31.1 Å². The summed E-state index contributed by atoms with van der Waals surface area (Å²) in [6.45, 7) is 0.424. The maximum atomic E-state index is 13.0. The lowest BCUT2D eigenvalue weighted by molar-refractivity contribution is 0.102. The number of nitrogens with one attached hydrogen (secondary N) is 1. The SMILES string of the molecule is COc1ccc2c(C(=O)Nc3cnn(Cc4ccc(F)cc4)c3)cc(=O)oc2c1. The number of amides is 1. The zero-order chi connectivity index (χ0) is 20.4. The Balaban J connectivity index is 1.56. The van der Waals surface area contributed by atoms with Crippen molar-refractivity contribution < 1.29 is 18.3 Å². The zero-order valence-corrected chi connectivity index (χ0v) is 15.4. The summed E-state index contributed by atoms with van der Waals surface area (Å²) in [5.41, 5.74) is 1.14. The average molecular weight is 393 g/mol. The molecule has 0 fully saturated rings. The minimum absolute atomic E-state index is 0.185. The van der Waals surface area contributed by atoms with E-state index in [0.717, 1.165) is 11.6 Å². The molecule has 2 heterocycles. The number of hydrogen-bond donors (Lipinski definition) is 1. The van der Waals surface area contributed by atoms with E-state index in [9.17, 15) is 14.0 Å². The third-order valence-corrected chi connectivity index (χ3v) is 4.35. The maximum absolute atomic E-state index is 13.0. The Morgan fingerprint density at radius 1 is 1.21 bits per heavy atom. The molecule has 0 saturated carbocycles. The molecule has 0 unspecified atom stereocenters. The van der Waals surface area contributed by atoms with Gasteiger partial charge in [0.2, 0.25) is 0 Å². The molecule has 0 aliphatic heterocycles. The summed E-state index contributed by atoms with van der Waals surface area (Å²) >= 11 is 0. The minimum Gasteiger partial charge on any atom is -0.497 e. The highest BCUT2D eigenvalue weighted by molar-refractivity contribution is 6.12. The molecule has 0 spiro atoms. The van der Waals surface area contributed by atoms with Gasteiger partial charge in [-0.15, -0.1) is 0 Å². The van der Waals surface area contributed by atoms with Crippen molar-refractivity contribution >= 4 is 22.6 Å². The number of nitrogens with zero attached hydrogens (tertiary/aromatic N) is 2. The van der Waals surface area contributed by atoms with Gasteiger partial charge in [0.1, 0.15) is 17.1 Å². The number of methoxy groups -OCH3 is 1. The fraction of sp³-hybridized carbons (Fsp3) is 0.0952. The summed E-state index contributed by atoms with van der Waals surface area (Å²) in [5.74, 6) is -0.256. The number of rotatable bonds is 5. The van der Waals surface area contributed by atoms with Gasteiger partial charge in [-0.3, -0.25) is 9.48 Å². The van der Waals surface area contributed by atoms with Crippen LogP contribution in [0.5, 0.6) is 5.75 Å². The van der Waals surface area contributed by atoms with Gasteiger partial charge in [-0.1, -0.05) is 12.1 Å². The molecule has 8 heteroatoms. The van der Waals surface area contributed by atoms with Crippen LogP contribution in [0, 0.1) is 5.82 Å². The predicted molar refractivity (Wildman–Crippen MR) is 105 cm³/mol. The average Bonchev–Trinajstić information content (AvgIpc) is 3.15. The van der Waals surface area contributed by atoms with Gasteiger partial charge in [-0.05, 0) is 29.8 Å². The van der Waals surface area contributed by atoms with Gasteiger partial charge in [0, 0.05) is 23.7 Å². The molecule has 0 atom stereocenters. The van der Waals surface area contributed by atoms with Crippen LogP contribution < -0.4 is 15.7 Å². The van der Waals surface area contributed by atoms with Crippen LogP contribution in [0.15, 0.2) is 70.1 Å². The second-order valence-corrected chi connectivity index (χ2v) is 6.35. The summed E-state index contributed by atoms with van der Waals surface area (Å²) in [6, 6.07) is 12.1. The van der Waals surface area contributed by atoms with Crippen molar-refractivity contribution in [2.45, 2.75) is 6.54 Å². The molecule has 7 nitrogen and oxygen atoms in total. The Hall–Kier alpha value is -3.94. The molecule has 29 heavy (non-hydrogen) atoms. The molecule has 0 radical (unpaired) electrons. The number of halogens is 1. The van der Waals surface area contributed by atoms with E-state index in [1.54, 1.807) is 41.2 Å². The first-order chi connectivity index (χ1) is 14.0. The van der Waals surface area contributed by atoms with Gasteiger partial charge in [-0.25, -0.2) is 9.18 Å². The number of ether oxygens (including phenoxy) is 1. The van der Waals surface area contributed by atoms with Crippen LogP contribution >= 0.6 is 0 Å². The molecule has 0 aliphatic carbocycles. The van der Waals surface area contributed by atoms with E-state index in [1.807, 2.05) is 0 Å². The molecule has 2 aromatic carbocycles. The Kier molecular flexibility index (Phi) is 4.82. The van der Waals surface area contributed by atoms with Crippen LogP contribution in [0.3, 0.4) is 0 Å². The normalized spacial score (nSPS) is 10.8. The van der Waals surface area contributed by atoms with Gasteiger partial charge < -0.3 is 14.5 Å². The van der Waals surface area contributed by atoms with Crippen LogP contribution in [-0.4, -0.2) is 22.8 Å². The summed E-state index contributed by atoms with van der Waals surface area (Å²) in [5, 5.41) is 7.41. The fourth-order valence-corrected chi connectivity index (χ4v) is 2.95. The number of hydrogen-bond acceptors (Lipinski definition) is 5. The van der Waals surface area contributed by atoms with Crippen LogP contribution in [0.2, 0.25) is 0 Å². The van der Waals surface area contributed by atoms with Crippen LogP contribution in [0.1, 0.15) is 15.9 Å². The summed E-state index contributed by atoms with van der Waals surface area (Å²) in [4.78, 5) is 24.6. The smallest absolute Gasteiger partial charge is 0.337 e. The summed E-state index contributed by atoms with van der Waals surface area (Å²) in [7, 11) is 1.50. The topological polar surface area (TPSA) is 86.4 Å². The zero-order valence-electron chi connectivity index (χ0n) is 15.4. The molecule has 4 rings (SSSR count). The molecule has 0 bridgehead atoms. The molecular formula is C21H16FN3O4. The molecule has 4 aromatic rings. The van der Waals surface area contributed by atoms with Crippen LogP contribution in [0.25, 0.3) is 11.0 Å². The van der Waals surface area contributed by atoms with E-state index in [0.29, 0.717) is 23.4 Å². The molecular weight excluding hydrogens is 377 g/mol. The number of anilines is 1. The second-order valence-electron chi connectivity index (χ2n) is 6.35. The van der Waals surface area contributed by atoms with E-state index in [4.69, 9.17) is 9.15 Å². The van der Waals surface area contributed by atoms with Crippen LogP contribution in [0.4, 0.5) is 10.1 Å². The highest BCUT2D eigenvalue weighted by Crippen LogP contribution is 2.23. The van der Waals surface area contributed by atoms with Crippen molar-refractivity contribution in [2.24, 2.45) is 0 Å². The highest BCUT2D eigenvalue weighted by Gasteiger charge is 2.15. The molecule has 2 aromatic heterocycles. The molecule has 146 valence electrons. The third kappa shape index (κ3) is 4.01. The first-order valence-corrected chi connectivity index (χ1v) is 8.72. The standard InChI is InChI=1S/C21H16FN3O4/c1-28-16-6-7-17-18(9-20(26)29-19(17)8-16)21(27)24-15-10-23-25(12-15)11-13-2-4-14(22)5-3-13/h2-10,12H,11H2,1H3,(H,24,27). The highest BCUT2D eigenvalue weighted by atomic mass is 19.1. The minimum atomic E-state index is -0.636. The largest absolute Gasteiger partial charge is 0.497 e. The van der Waals surface area contributed by atoms with Gasteiger partial charge in [0.25, 0.3) is 5.91 Å². The lowest BCUT2D eigenvalue weighted by Gasteiger charge is -2.07. The lowest BCUT2D eigenvalue weighted by Crippen LogP contribution is -2.15. The number of benzene rings is 2. The van der Waals surface area contributed by atoms with Gasteiger partial charge in [-0.2, -0.15) is 5.10 Å². The molecule has 1 N–H and O–H groups in total. The summed E-state index contributed by atoms with van der Waals surface area (Å²) in [6.07, 6.45) is 3.15. The molecule has 0 saturated heterocycles. The monoisotopic (exact) mass is 393 g/mol. The number of carbonyl (C=O) groups is 1. The number of aromatic nitrogens is 2. The van der Waals surface area contributed by atoms with Gasteiger partial charge >= 0.3 is 5.63 Å². The van der Waals surface area contributed by atoms with Crippen molar-refractivity contribution in [3.05, 3.63) is 88.3 Å². The lowest BCUT2D eigenvalue weighted by atomic mass is 10.1. The Bertz CT molecular complexity index is 1250. The van der Waals surface area contributed by atoms with Crippen LogP contribution in [-0.2, 0) is 6.54 Å². The first kappa shape index (κ1) is 18.4. The Morgan fingerprint density at radius 3 is 2.76 bits per heavy atom. The maximum Gasteiger partial charge on any atom is 0.337 e. The van der Waals surface area contributed by atoms with E-state index >= 15 is 0 Å². The predicted octanol–water partition coefficient (Wildman–Crippen LogP) is 3.44. The number of fused-ring (bicyclic) bond motifs is 1. The van der Waals surface area contributed by atoms with Crippen molar-refractivity contribution in [1.29, 1.82) is 0 Å². The van der Waals surface area contributed by atoms with Crippen molar-refractivity contribution in [2.75, 3.05) is 12.4 Å². The van der Waals surface area contributed by atoms with E-state index in [-0.39, 0.29) is 17.0 Å². The van der Waals surface area contributed by atoms with Crippen molar-refractivity contribution in [1.82, 2.24) is 9.78 Å². The van der Waals surface area contributed by atoms with E-state index < -0.39 is 11.5 Å². The Morgan fingerprint density at radius 2 is 2.00 bits per heavy atom. The van der Waals surface area contributed by atoms with Crippen molar-refractivity contribution in [3.8, 4) is 5.75 Å². The van der Waals surface area contributed by atoms with E-state index in [1.165, 1.54) is 25.4 Å². The quantitative estimate of drug-likeness (QED) is 0.525. The number of carbonyl (C=O) groups excluding carboxylic acids is 1. The second kappa shape index (κ2) is 7.59. The summed E-state index contributed by atoms with van der Waals surface area (Å²) < 4.78 is 24.9. The van der Waals surface area contributed by atoms with Gasteiger partial charge in [0.15, 0.2) is 0 Å². The molecule has 0 aliphatic rings. The molecule has 1 amide bonds. The fourth-order valence-electron chi connectivity index (χ4n) is 2.95. The first-order valence-electron chi connectivity index (χ1n) is 8.72. The van der Waals surface area contributed by atoms with Crippen molar-refractivity contribution in [3.63, 3.8) is 0 Å².